The number of benzene rings is 1. The van der Waals surface area contributed by atoms with Gasteiger partial charge in [0.25, 0.3) is 0 Å². The third-order valence-corrected chi connectivity index (χ3v) is 2.95. The molecule has 0 fully saturated rings. The Morgan fingerprint density at radius 3 is 2.72 bits per heavy atom. The van der Waals surface area contributed by atoms with Crippen molar-refractivity contribution < 1.29 is 9.53 Å². The van der Waals surface area contributed by atoms with Crippen LogP contribution in [0.1, 0.15) is 12.5 Å². The van der Waals surface area contributed by atoms with Gasteiger partial charge in [-0.3, -0.25) is 4.79 Å². The second kappa shape index (κ2) is 6.56. The molecule has 0 radical (unpaired) electrons. The molecule has 98 valence electrons. The minimum absolute atomic E-state index is 0.128. The van der Waals surface area contributed by atoms with Crippen molar-refractivity contribution in [2.75, 3.05) is 25.1 Å². The van der Waals surface area contributed by atoms with Crippen LogP contribution in [0.2, 0.25) is 5.02 Å². The zero-order valence-electron chi connectivity index (χ0n) is 10.3. The molecule has 6 heteroatoms. The van der Waals surface area contributed by atoms with Gasteiger partial charge in [0.15, 0.2) is 0 Å². The SMILES string of the molecule is CCN(CC(=O)OC)c1cc(Cl)ccc1C(N)=S. The number of thiocarbonyl (C=S) groups is 1. The number of carbonyl (C=O) groups excluding carboxylic acids is 1. The van der Waals surface area contributed by atoms with Gasteiger partial charge in [-0.25, -0.2) is 0 Å². The van der Waals surface area contributed by atoms with Gasteiger partial charge in [-0.15, -0.1) is 0 Å². The molecule has 1 aromatic carbocycles. The highest BCUT2D eigenvalue weighted by Gasteiger charge is 2.15. The van der Waals surface area contributed by atoms with Crippen LogP contribution in [0.5, 0.6) is 0 Å². The molecule has 0 aliphatic heterocycles. The molecule has 1 aromatic rings. The highest BCUT2D eigenvalue weighted by Crippen LogP contribution is 2.25. The molecular formula is C12H15ClN2O2S. The summed E-state index contributed by atoms with van der Waals surface area (Å²) in [5, 5.41) is 0.563. The van der Waals surface area contributed by atoms with Crippen LogP contribution in [0.4, 0.5) is 5.69 Å². The Kier molecular flexibility index (Phi) is 5.37. The Morgan fingerprint density at radius 1 is 1.56 bits per heavy atom. The van der Waals surface area contributed by atoms with Crippen LogP contribution < -0.4 is 10.6 Å². The van der Waals surface area contributed by atoms with Crippen LogP contribution in [0.15, 0.2) is 18.2 Å². The quantitative estimate of drug-likeness (QED) is 0.662. The molecule has 0 aliphatic rings. The van der Waals surface area contributed by atoms with Gasteiger partial charge in [-0.2, -0.15) is 0 Å². The third-order valence-electron chi connectivity index (χ3n) is 2.50. The first-order valence-corrected chi connectivity index (χ1v) is 6.19. The van der Waals surface area contributed by atoms with E-state index in [1.54, 1.807) is 18.2 Å². The van der Waals surface area contributed by atoms with Crippen LogP contribution in [0.3, 0.4) is 0 Å². The maximum atomic E-state index is 11.4. The third kappa shape index (κ3) is 3.58. The molecule has 0 saturated heterocycles. The average molecular weight is 287 g/mol. The molecule has 0 bridgehead atoms. The summed E-state index contributed by atoms with van der Waals surface area (Å²) >= 11 is 11.0. The van der Waals surface area contributed by atoms with E-state index in [0.29, 0.717) is 17.1 Å². The van der Waals surface area contributed by atoms with E-state index in [-0.39, 0.29) is 17.5 Å². The van der Waals surface area contributed by atoms with Crippen molar-refractivity contribution >= 4 is 40.5 Å². The van der Waals surface area contributed by atoms with Crippen molar-refractivity contribution in [3.63, 3.8) is 0 Å². The Hall–Kier alpha value is -1.33. The summed E-state index contributed by atoms with van der Waals surface area (Å²) in [6, 6.07) is 5.20. The summed E-state index contributed by atoms with van der Waals surface area (Å²) in [5.41, 5.74) is 7.10. The molecule has 18 heavy (non-hydrogen) atoms. The number of ether oxygens (including phenoxy) is 1. The number of nitrogens with zero attached hydrogens (tertiary/aromatic N) is 1. The summed E-state index contributed by atoms with van der Waals surface area (Å²) < 4.78 is 4.66. The number of rotatable bonds is 5. The van der Waals surface area contributed by atoms with Crippen molar-refractivity contribution in [1.29, 1.82) is 0 Å². The molecule has 0 atom stereocenters. The smallest absolute Gasteiger partial charge is 0.325 e. The fourth-order valence-electron chi connectivity index (χ4n) is 1.56. The molecule has 0 heterocycles. The van der Waals surface area contributed by atoms with Gasteiger partial charge in [0.05, 0.1) is 7.11 Å². The van der Waals surface area contributed by atoms with Gasteiger partial charge < -0.3 is 15.4 Å². The lowest BCUT2D eigenvalue weighted by atomic mass is 10.1. The Labute approximate surface area is 117 Å². The maximum Gasteiger partial charge on any atom is 0.325 e. The molecule has 0 spiro atoms. The number of likely N-dealkylation sites (N-methyl/N-ethyl adjacent to an activating group) is 1. The first-order valence-electron chi connectivity index (χ1n) is 5.40. The van der Waals surface area contributed by atoms with E-state index >= 15 is 0 Å². The number of anilines is 1. The van der Waals surface area contributed by atoms with E-state index in [2.05, 4.69) is 4.74 Å². The van der Waals surface area contributed by atoms with E-state index < -0.39 is 0 Å². The predicted octanol–water partition coefficient (Wildman–Crippen LogP) is 1.97. The monoisotopic (exact) mass is 286 g/mol. The molecular weight excluding hydrogens is 272 g/mol. The Bertz CT molecular complexity index is 465. The molecule has 0 saturated carbocycles. The number of nitrogens with two attached hydrogens (primary N) is 1. The summed E-state index contributed by atoms with van der Waals surface area (Å²) in [6.07, 6.45) is 0. The van der Waals surface area contributed by atoms with Gasteiger partial charge in [0, 0.05) is 22.8 Å². The van der Waals surface area contributed by atoms with Crippen LogP contribution in [-0.2, 0) is 9.53 Å². The average Bonchev–Trinajstić information content (AvgIpc) is 2.35. The number of esters is 1. The van der Waals surface area contributed by atoms with E-state index in [0.717, 1.165) is 5.69 Å². The largest absolute Gasteiger partial charge is 0.468 e. The molecule has 2 N–H and O–H groups in total. The Morgan fingerprint density at radius 2 is 2.22 bits per heavy atom. The first kappa shape index (κ1) is 14.7. The van der Waals surface area contributed by atoms with Gasteiger partial charge in [-0.1, -0.05) is 23.8 Å². The van der Waals surface area contributed by atoms with Gasteiger partial charge in [-0.05, 0) is 25.1 Å². The summed E-state index contributed by atoms with van der Waals surface area (Å²) in [5.74, 6) is -0.328. The van der Waals surface area contributed by atoms with E-state index in [9.17, 15) is 4.79 Å². The topological polar surface area (TPSA) is 55.6 Å². The number of methoxy groups -OCH3 is 1. The number of halogens is 1. The summed E-state index contributed by atoms with van der Waals surface area (Å²) in [4.78, 5) is 13.4. The first-order chi connectivity index (χ1) is 8.49. The van der Waals surface area contributed by atoms with Gasteiger partial charge in [0.2, 0.25) is 0 Å². The number of carbonyl (C=O) groups is 1. The van der Waals surface area contributed by atoms with E-state index in [1.165, 1.54) is 7.11 Å². The van der Waals surface area contributed by atoms with Crippen molar-refractivity contribution in [3.8, 4) is 0 Å². The minimum atomic E-state index is -0.328. The molecule has 0 unspecified atom stereocenters. The van der Waals surface area contributed by atoms with Crippen molar-refractivity contribution in [3.05, 3.63) is 28.8 Å². The molecule has 0 aliphatic carbocycles. The second-order valence-corrected chi connectivity index (χ2v) is 4.49. The zero-order chi connectivity index (χ0) is 13.7. The molecule has 0 amide bonds. The normalized spacial score (nSPS) is 9.94. The summed E-state index contributed by atoms with van der Waals surface area (Å²) in [6.45, 7) is 2.67. The lowest BCUT2D eigenvalue weighted by Crippen LogP contribution is -2.32. The lowest BCUT2D eigenvalue weighted by Gasteiger charge is -2.24. The van der Waals surface area contributed by atoms with Crippen LogP contribution >= 0.6 is 23.8 Å². The van der Waals surface area contributed by atoms with Crippen molar-refractivity contribution in [1.82, 2.24) is 0 Å². The Balaban J connectivity index is 3.14. The van der Waals surface area contributed by atoms with Gasteiger partial charge >= 0.3 is 5.97 Å². The summed E-state index contributed by atoms with van der Waals surface area (Å²) in [7, 11) is 1.35. The second-order valence-electron chi connectivity index (χ2n) is 3.62. The molecule has 1 rings (SSSR count). The van der Waals surface area contributed by atoms with Crippen LogP contribution in [-0.4, -0.2) is 31.2 Å². The fourth-order valence-corrected chi connectivity index (χ4v) is 1.90. The number of hydrogen-bond donors (Lipinski definition) is 1. The molecule has 0 aromatic heterocycles. The highest BCUT2D eigenvalue weighted by atomic mass is 35.5. The number of hydrogen-bond acceptors (Lipinski definition) is 4. The van der Waals surface area contributed by atoms with Crippen molar-refractivity contribution in [2.45, 2.75) is 6.92 Å². The molecule has 4 nitrogen and oxygen atoms in total. The van der Waals surface area contributed by atoms with Crippen LogP contribution in [0.25, 0.3) is 0 Å². The predicted molar refractivity (Wildman–Crippen MR) is 77.2 cm³/mol. The fraction of sp³-hybridized carbons (Fsp3) is 0.333. The van der Waals surface area contributed by atoms with E-state index in [4.69, 9.17) is 29.6 Å². The highest BCUT2D eigenvalue weighted by molar-refractivity contribution is 7.80. The zero-order valence-corrected chi connectivity index (χ0v) is 11.8. The van der Waals surface area contributed by atoms with Gasteiger partial charge in [0.1, 0.15) is 11.5 Å². The minimum Gasteiger partial charge on any atom is -0.468 e. The standard InChI is InChI=1S/C12H15ClN2O2S/c1-3-15(7-11(16)17-2)10-6-8(13)4-5-9(10)12(14)18/h4-6H,3,7H2,1-2H3,(H2,14,18). The van der Waals surface area contributed by atoms with Crippen molar-refractivity contribution in [2.24, 2.45) is 5.73 Å². The van der Waals surface area contributed by atoms with E-state index in [1.807, 2.05) is 11.8 Å². The lowest BCUT2D eigenvalue weighted by molar-refractivity contribution is -0.138. The maximum absolute atomic E-state index is 11.4. The van der Waals surface area contributed by atoms with Crippen LogP contribution in [0, 0.1) is 0 Å².